The van der Waals surface area contributed by atoms with E-state index in [-0.39, 0.29) is 10.7 Å². The van der Waals surface area contributed by atoms with Gasteiger partial charge in [-0.25, -0.2) is 0 Å². The summed E-state index contributed by atoms with van der Waals surface area (Å²) >= 11 is 0.572. The van der Waals surface area contributed by atoms with Gasteiger partial charge in [0.05, 0.1) is 23.0 Å². The van der Waals surface area contributed by atoms with E-state index in [0.29, 0.717) is 12.0 Å². The Bertz CT molecular complexity index is 840. The fraction of sp³-hybridized carbons (Fsp3) is 0.545. The third-order valence-corrected chi connectivity index (χ3v) is 8.04. The Kier molecular flexibility index (Phi) is 7.00. The molecule has 3 atom stereocenters. The molecule has 2 aliphatic rings. The van der Waals surface area contributed by atoms with Gasteiger partial charge in [0.1, 0.15) is 4.75 Å². The Morgan fingerprint density at radius 1 is 1.38 bits per heavy atom. The van der Waals surface area contributed by atoms with Crippen molar-refractivity contribution in [2.75, 3.05) is 18.8 Å². The molecule has 0 saturated heterocycles. The predicted octanol–water partition coefficient (Wildman–Crippen LogP) is 3.85. The molecule has 3 rings (SSSR count). The Labute approximate surface area is 181 Å². The molecular formula is C22H30N4OS2. The van der Waals surface area contributed by atoms with Crippen molar-refractivity contribution in [3.63, 3.8) is 0 Å². The summed E-state index contributed by atoms with van der Waals surface area (Å²) in [6.07, 6.45) is 1.74. The molecule has 2 aliphatic heterocycles. The average Bonchev–Trinajstić information content (AvgIpc) is 3.19. The first-order valence-corrected chi connectivity index (χ1v) is 12.2. The first kappa shape index (κ1) is 22.2. The number of benzene rings is 1. The lowest BCUT2D eigenvalue weighted by Gasteiger charge is -2.40. The SMILES string of the molecule is CC(C)(C)[S+]([O-])N[C@@](C)(CC1=NCCCN1)C1CSC=C1c1cccc(C#N)c1. The molecule has 29 heavy (non-hydrogen) atoms. The highest BCUT2D eigenvalue weighted by Gasteiger charge is 2.45. The normalized spacial score (nSPS) is 22.7. The maximum atomic E-state index is 13.1. The van der Waals surface area contributed by atoms with Gasteiger partial charge in [0.15, 0.2) is 0 Å². The fourth-order valence-electron chi connectivity index (χ4n) is 3.61. The van der Waals surface area contributed by atoms with Gasteiger partial charge in [-0.05, 0) is 62.8 Å². The van der Waals surface area contributed by atoms with Crippen molar-refractivity contribution < 1.29 is 4.55 Å². The Hall–Kier alpha value is -1.46. The maximum absolute atomic E-state index is 13.1. The van der Waals surface area contributed by atoms with Crippen LogP contribution in [0.15, 0.2) is 34.7 Å². The van der Waals surface area contributed by atoms with Gasteiger partial charge in [0.2, 0.25) is 0 Å². The highest BCUT2D eigenvalue weighted by molar-refractivity contribution is 8.02. The molecule has 0 spiro atoms. The summed E-state index contributed by atoms with van der Waals surface area (Å²) in [5.74, 6) is 2.04. The number of rotatable bonds is 6. The third-order valence-electron chi connectivity index (χ3n) is 5.33. The molecule has 0 amide bonds. The second kappa shape index (κ2) is 9.13. The van der Waals surface area contributed by atoms with E-state index < -0.39 is 16.9 Å². The Morgan fingerprint density at radius 3 is 2.83 bits per heavy atom. The molecule has 0 saturated carbocycles. The van der Waals surface area contributed by atoms with Crippen LogP contribution in [-0.2, 0) is 11.4 Å². The average molecular weight is 431 g/mol. The first-order chi connectivity index (χ1) is 13.7. The van der Waals surface area contributed by atoms with E-state index in [1.807, 2.05) is 39.0 Å². The number of amidine groups is 1. The van der Waals surface area contributed by atoms with E-state index in [9.17, 15) is 9.81 Å². The zero-order valence-electron chi connectivity index (χ0n) is 17.6. The number of hydrogen-bond donors (Lipinski definition) is 2. The molecular weight excluding hydrogens is 400 g/mol. The van der Waals surface area contributed by atoms with Gasteiger partial charge in [-0.2, -0.15) is 5.26 Å². The second-order valence-electron chi connectivity index (χ2n) is 8.84. The standard InChI is InChI=1S/C22H30N4OS2/c1-21(2,3)29(27)26-22(4,12-20-24-9-6-10-25-20)19-15-28-14-18(19)17-8-5-7-16(11-17)13-23/h5,7-8,11,14,19,26H,6,9-10,12,15H2,1-4H3,(H,24,25)/t19?,22-,29?/m0/s1. The van der Waals surface area contributed by atoms with Gasteiger partial charge in [-0.15, -0.1) is 16.5 Å². The van der Waals surface area contributed by atoms with Gasteiger partial charge in [0.25, 0.3) is 0 Å². The molecule has 7 heteroatoms. The van der Waals surface area contributed by atoms with Crippen molar-refractivity contribution in [3.8, 4) is 6.07 Å². The van der Waals surface area contributed by atoms with E-state index in [1.54, 1.807) is 11.8 Å². The molecule has 0 aliphatic carbocycles. The lowest BCUT2D eigenvalue weighted by molar-refractivity contribution is 0.351. The van der Waals surface area contributed by atoms with Crippen LogP contribution in [-0.4, -0.2) is 39.5 Å². The smallest absolute Gasteiger partial charge is 0.136 e. The molecule has 1 aromatic rings. The largest absolute Gasteiger partial charge is 0.598 e. The van der Waals surface area contributed by atoms with Crippen molar-refractivity contribution in [2.45, 2.75) is 50.8 Å². The quantitative estimate of drug-likeness (QED) is 0.670. The van der Waals surface area contributed by atoms with Crippen molar-refractivity contribution in [1.29, 1.82) is 5.26 Å². The van der Waals surface area contributed by atoms with E-state index in [4.69, 9.17) is 0 Å². The molecule has 2 N–H and O–H groups in total. The van der Waals surface area contributed by atoms with Crippen LogP contribution in [0.3, 0.4) is 0 Å². The molecule has 2 heterocycles. The molecule has 0 radical (unpaired) electrons. The zero-order chi connectivity index (χ0) is 21.1. The summed E-state index contributed by atoms with van der Waals surface area (Å²) in [7, 11) is 0. The first-order valence-electron chi connectivity index (χ1n) is 10.0. The van der Waals surface area contributed by atoms with Crippen LogP contribution in [0.5, 0.6) is 0 Å². The van der Waals surface area contributed by atoms with Gasteiger partial charge in [0, 0.05) is 42.5 Å². The Morgan fingerprint density at radius 2 is 2.17 bits per heavy atom. The van der Waals surface area contributed by atoms with Crippen LogP contribution in [0.25, 0.3) is 5.57 Å². The molecule has 0 fully saturated rings. The van der Waals surface area contributed by atoms with Crippen LogP contribution in [0.2, 0.25) is 0 Å². The minimum Gasteiger partial charge on any atom is -0.598 e. The van der Waals surface area contributed by atoms with Crippen LogP contribution in [0.4, 0.5) is 0 Å². The Balaban J connectivity index is 1.94. The summed E-state index contributed by atoms with van der Waals surface area (Å²) in [6, 6.07) is 10.00. The molecule has 5 nitrogen and oxygen atoms in total. The van der Waals surface area contributed by atoms with Crippen LogP contribution >= 0.6 is 11.8 Å². The van der Waals surface area contributed by atoms with Gasteiger partial charge in [-0.1, -0.05) is 12.1 Å². The van der Waals surface area contributed by atoms with Crippen molar-refractivity contribution in [1.82, 2.24) is 10.0 Å². The minimum atomic E-state index is -1.21. The summed E-state index contributed by atoms with van der Waals surface area (Å²) in [5, 5.41) is 14.9. The minimum absolute atomic E-state index is 0.152. The molecule has 2 unspecified atom stereocenters. The lowest BCUT2D eigenvalue weighted by Crippen LogP contribution is -2.58. The summed E-state index contributed by atoms with van der Waals surface area (Å²) in [4.78, 5) is 4.68. The summed E-state index contributed by atoms with van der Waals surface area (Å²) < 4.78 is 16.2. The molecule has 1 aromatic carbocycles. The highest BCUT2D eigenvalue weighted by Crippen LogP contribution is 2.44. The molecule has 0 aromatic heterocycles. The van der Waals surface area contributed by atoms with E-state index in [1.165, 1.54) is 5.57 Å². The van der Waals surface area contributed by atoms with E-state index in [0.717, 1.165) is 36.7 Å². The zero-order valence-corrected chi connectivity index (χ0v) is 19.3. The maximum Gasteiger partial charge on any atom is 0.136 e. The lowest BCUT2D eigenvalue weighted by atomic mass is 9.77. The van der Waals surface area contributed by atoms with E-state index in [2.05, 4.69) is 39.5 Å². The predicted molar refractivity (Wildman–Crippen MR) is 124 cm³/mol. The van der Waals surface area contributed by atoms with Crippen LogP contribution in [0, 0.1) is 17.2 Å². The summed E-state index contributed by atoms with van der Waals surface area (Å²) in [6.45, 7) is 9.90. The number of nitrogens with one attached hydrogen (secondary N) is 2. The van der Waals surface area contributed by atoms with Crippen molar-refractivity contribution in [3.05, 3.63) is 40.8 Å². The number of nitrogens with zero attached hydrogens (tertiary/aromatic N) is 2. The third kappa shape index (κ3) is 5.37. The number of aliphatic imine (C=N–C) groups is 1. The number of hydrogen-bond acceptors (Lipinski definition) is 6. The van der Waals surface area contributed by atoms with Gasteiger partial charge in [-0.3, -0.25) is 4.99 Å². The van der Waals surface area contributed by atoms with E-state index >= 15 is 0 Å². The molecule has 156 valence electrons. The number of nitriles is 1. The number of thioether (sulfide) groups is 1. The van der Waals surface area contributed by atoms with Gasteiger partial charge < -0.3 is 9.87 Å². The second-order valence-corrected chi connectivity index (χ2v) is 11.7. The topological polar surface area (TPSA) is 83.3 Å². The monoisotopic (exact) mass is 430 g/mol. The van der Waals surface area contributed by atoms with Gasteiger partial charge >= 0.3 is 0 Å². The summed E-state index contributed by atoms with van der Waals surface area (Å²) in [5.41, 5.74) is 2.49. The van der Waals surface area contributed by atoms with Crippen LogP contribution in [0.1, 0.15) is 51.7 Å². The molecule has 0 bridgehead atoms. The fourth-order valence-corrected chi connectivity index (χ4v) is 5.87. The van der Waals surface area contributed by atoms with Crippen molar-refractivity contribution >= 4 is 34.5 Å². The highest BCUT2D eigenvalue weighted by atomic mass is 32.2. The van der Waals surface area contributed by atoms with Crippen LogP contribution < -0.4 is 10.0 Å². The van der Waals surface area contributed by atoms with Crippen molar-refractivity contribution in [2.24, 2.45) is 10.9 Å².